The number of ketones is 3. The second kappa shape index (κ2) is 6.59. The smallest absolute Gasteiger partial charge is 0.303 e. The van der Waals surface area contributed by atoms with Crippen molar-refractivity contribution in [1.82, 2.24) is 0 Å². The summed E-state index contributed by atoms with van der Waals surface area (Å²) in [7, 11) is 0. The van der Waals surface area contributed by atoms with Crippen molar-refractivity contribution in [3.05, 3.63) is 12.2 Å². The molecule has 0 radical (unpaired) electrons. The van der Waals surface area contributed by atoms with Gasteiger partial charge >= 0.3 is 5.97 Å². The minimum Gasteiger partial charge on any atom is -0.458 e. The SMILES string of the molecule is CC(=O)OCC(=O)[C@@]1(O)CC[C@H]2[C@@H]3CC[C@@H]4CC(=O)C=C[C@]4(C)[C@H]3C(=O)C[C@@]21C. The molecule has 0 heterocycles. The van der Waals surface area contributed by atoms with Gasteiger partial charge in [0, 0.05) is 31.1 Å². The third-order valence-corrected chi connectivity index (χ3v) is 8.76. The molecule has 4 rings (SSSR count). The van der Waals surface area contributed by atoms with Crippen molar-refractivity contribution in [3.8, 4) is 0 Å². The van der Waals surface area contributed by atoms with Gasteiger partial charge in [-0.2, -0.15) is 0 Å². The summed E-state index contributed by atoms with van der Waals surface area (Å²) in [5, 5.41) is 11.4. The number of allylic oxidation sites excluding steroid dienone is 2. The number of hydrogen-bond donors (Lipinski definition) is 1. The second-order valence-electron chi connectivity index (χ2n) is 10.1. The molecule has 158 valence electrons. The number of Topliss-reactive ketones (excluding diaryl/α,β-unsaturated/α-hetero) is 2. The van der Waals surface area contributed by atoms with Crippen molar-refractivity contribution in [3.63, 3.8) is 0 Å². The largest absolute Gasteiger partial charge is 0.458 e. The zero-order valence-electron chi connectivity index (χ0n) is 17.4. The van der Waals surface area contributed by atoms with Gasteiger partial charge in [0.1, 0.15) is 11.4 Å². The van der Waals surface area contributed by atoms with Crippen molar-refractivity contribution in [2.45, 2.75) is 64.9 Å². The quantitative estimate of drug-likeness (QED) is 0.728. The molecule has 0 unspecified atom stereocenters. The molecule has 0 saturated heterocycles. The number of carbonyl (C=O) groups excluding carboxylic acids is 4. The fourth-order valence-electron chi connectivity index (χ4n) is 7.21. The highest BCUT2D eigenvalue weighted by Gasteiger charge is 2.68. The highest BCUT2D eigenvalue weighted by Crippen LogP contribution is 2.66. The molecular formula is C23H30O6. The molecule has 0 bridgehead atoms. The van der Waals surface area contributed by atoms with Crippen LogP contribution < -0.4 is 0 Å². The van der Waals surface area contributed by atoms with Crippen molar-refractivity contribution >= 4 is 23.3 Å². The topological polar surface area (TPSA) is 97.7 Å². The summed E-state index contributed by atoms with van der Waals surface area (Å²) in [5.74, 6) is -0.699. The van der Waals surface area contributed by atoms with Crippen molar-refractivity contribution in [2.75, 3.05) is 6.61 Å². The molecule has 0 amide bonds. The molecule has 0 aromatic rings. The first kappa shape index (κ1) is 20.5. The summed E-state index contributed by atoms with van der Waals surface area (Å²) in [5.41, 5.74) is -2.83. The Labute approximate surface area is 171 Å². The van der Waals surface area contributed by atoms with Crippen LogP contribution in [0, 0.1) is 34.5 Å². The van der Waals surface area contributed by atoms with Gasteiger partial charge in [0.25, 0.3) is 0 Å². The van der Waals surface area contributed by atoms with Gasteiger partial charge in [0.15, 0.2) is 12.4 Å². The van der Waals surface area contributed by atoms with Gasteiger partial charge in [-0.05, 0) is 54.9 Å². The molecule has 4 aliphatic rings. The number of hydrogen-bond acceptors (Lipinski definition) is 6. The van der Waals surface area contributed by atoms with Gasteiger partial charge in [-0.3, -0.25) is 19.2 Å². The Hall–Kier alpha value is -1.82. The summed E-state index contributed by atoms with van der Waals surface area (Å²) >= 11 is 0. The molecule has 4 aliphatic carbocycles. The number of fused-ring (bicyclic) bond motifs is 5. The van der Waals surface area contributed by atoms with Crippen LogP contribution in [0.2, 0.25) is 0 Å². The predicted molar refractivity (Wildman–Crippen MR) is 104 cm³/mol. The van der Waals surface area contributed by atoms with E-state index in [1.54, 1.807) is 6.08 Å². The number of rotatable bonds is 3. The van der Waals surface area contributed by atoms with Crippen LogP contribution in [0.25, 0.3) is 0 Å². The first-order chi connectivity index (χ1) is 13.5. The molecule has 3 saturated carbocycles. The Kier molecular flexibility index (Phi) is 4.65. The lowest BCUT2D eigenvalue weighted by atomic mass is 9.45. The summed E-state index contributed by atoms with van der Waals surface area (Å²) in [6.07, 6.45) is 6.92. The zero-order valence-corrected chi connectivity index (χ0v) is 17.4. The average molecular weight is 402 g/mol. The lowest BCUT2D eigenvalue weighted by Gasteiger charge is -2.58. The van der Waals surface area contributed by atoms with Crippen LogP contribution in [0.5, 0.6) is 0 Å². The minimum absolute atomic E-state index is 0.0558. The van der Waals surface area contributed by atoms with Crippen LogP contribution in [0.3, 0.4) is 0 Å². The lowest BCUT2D eigenvalue weighted by molar-refractivity contribution is -0.176. The van der Waals surface area contributed by atoms with E-state index in [-0.39, 0.29) is 47.1 Å². The second-order valence-corrected chi connectivity index (χ2v) is 10.1. The molecule has 3 fully saturated rings. The molecular weight excluding hydrogens is 372 g/mol. The summed E-state index contributed by atoms with van der Waals surface area (Å²) in [6, 6.07) is 0. The van der Waals surface area contributed by atoms with E-state index in [9.17, 15) is 24.3 Å². The van der Waals surface area contributed by atoms with Gasteiger partial charge < -0.3 is 9.84 Å². The first-order valence-corrected chi connectivity index (χ1v) is 10.7. The van der Waals surface area contributed by atoms with Gasteiger partial charge in [-0.15, -0.1) is 0 Å². The monoisotopic (exact) mass is 402 g/mol. The zero-order chi connectivity index (χ0) is 21.2. The third kappa shape index (κ3) is 2.78. The number of carbonyl (C=O) groups is 4. The Morgan fingerprint density at radius 1 is 1.21 bits per heavy atom. The summed E-state index contributed by atoms with van der Waals surface area (Å²) in [4.78, 5) is 49.4. The molecule has 0 spiro atoms. The maximum atomic E-state index is 13.5. The van der Waals surface area contributed by atoms with Gasteiger partial charge in [0.05, 0.1) is 0 Å². The van der Waals surface area contributed by atoms with Crippen LogP contribution >= 0.6 is 0 Å². The van der Waals surface area contributed by atoms with Crippen LogP contribution in [0.15, 0.2) is 12.2 Å². The normalized spacial score (nSPS) is 45.9. The molecule has 0 aromatic carbocycles. The lowest BCUT2D eigenvalue weighted by Crippen LogP contribution is -2.61. The molecule has 6 heteroatoms. The maximum absolute atomic E-state index is 13.5. The highest BCUT2D eigenvalue weighted by molar-refractivity contribution is 5.94. The van der Waals surface area contributed by atoms with Crippen LogP contribution in [0.1, 0.15) is 59.3 Å². The van der Waals surface area contributed by atoms with Crippen LogP contribution in [0.4, 0.5) is 0 Å². The number of esters is 1. The Morgan fingerprint density at radius 3 is 2.62 bits per heavy atom. The van der Waals surface area contributed by atoms with Gasteiger partial charge in [-0.25, -0.2) is 0 Å². The van der Waals surface area contributed by atoms with E-state index in [0.29, 0.717) is 19.3 Å². The molecule has 1 N–H and O–H groups in total. The molecule has 0 aromatic heterocycles. The molecule has 6 nitrogen and oxygen atoms in total. The van der Waals surface area contributed by atoms with E-state index < -0.39 is 29.4 Å². The van der Waals surface area contributed by atoms with E-state index in [0.717, 1.165) is 12.8 Å². The van der Waals surface area contributed by atoms with E-state index in [4.69, 9.17) is 4.74 Å². The minimum atomic E-state index is -1.65. The van der Waals surface area contributed by atoms with Crippen molar-refractivity contribution < 1.29 is 29.0 Å². The van der Waals surface area contributed by atoms with E-state index in [1.807, 2.05) is 13.0 Å². The van der Waals surface area contributed by atoms with Gasteiger partial charge in [0.2, 0.25) is 5.78 Å². The Balaban J connectivity index is 1.66. The fraction of sp³-hybridized carbons (Fsp3) is 0.739. The molecule has 29 heavy (non-hydrogen) atoms. The fourth-order valence-corrected chi connectivity index (χ4v) is 7.21. The summed E-state index contributed by atoms with van der Waals surface area (Å²) < 4.78 is 4.86. The number of ether oxygens (including phenoxy) is 1. The van der Waals surface area contributed by atoms with E-state index in [1.165, 1.54) is 6.92 Å². The highest BCUT2D eigenvalue weighted by atomic mass is 16.5. The van der Waals surface area contributed by atoms with Crippen molar-refractivity contribution in [1.29, 1.82) is 0 Å². The Bertz CT molecular complexity index is 814. The van der Waals surface area contributed by atoms with E-state index in [2.05, 4.69) is 6.92 Å². The van der Waals surface area contributed by atoms with E-state index >= 15 is 0 Å². The Morgan fingerprint density at radius 2 is 1.93 bits per heavy atom. The molecule has 7 atom stereocenters. The first-order valence-electron chi connectivity index (χ1n) is 10.7. The predicted octanol–water partition coefficient (Wildman–Crippen LogP) is 2.42. The summed E-state index contributed by atoms with van der Waals surface area (Å²) in [6.45, 7) is 4.73. The van der Waals surface area contributed by atoms with Gasteiger partial charge in [-0.1, -0.05) is 19.9 Å². The standard InChI is InChI=1S/C23H30O6/c1-13(24)29-12-19(27)23(28)9-7-17-16-5-4-14-10-15(25)6-8-21(14,2)20(16)18(26)11-22(17,23)3/h6,8,14,16-17,20,28H,4-5,7,9-12H2,1-3H3/t14-,16+,17+,20-,21+,22+,23+/m1/s1. The van der Waals surface area contributed by atoms with Crippen LogP contribution in [-0.2, 0) is 23.9 Å². The third-order valence-electron chi connectivity index (χ3n) is 8.76. The molecule has 0 aliphatic heterocycles. The average Bonchev–Trinajstić information content (AvgIpc) is 2.91. The van der Waals surface area contributed by atoms with Crippen molar-refractivity contribution in [2.24, 2.45) is 34.5 Å². The van der Waals surface area contributed by atoms with Crippen LogP contribution in [-0.4, -0.2) is 40.6 Å². The maximum Gasteiger partial charge on any atom is 0.303 e. The number of aliphatic hydroxyl groups is 1.